The standard InChI is InChI=1S/C12H15FN4S/c1-17-7-9(6-15-17)11(16-14)8-18-12-5-3-2-4-10(12)13/h2-7,11,16H,8,14H2,1H3. The van der Waals surface area contributed by atoms with Gasteiger partial charge in [0.15, 0.2) is 0 Å². The number of hydrogen-bond acceptors (Lipinski definition) is 4. The van der Waals surface area contributed by atoms with Crippen LogP contribution in [0.1, 0.15) is 11.6 Å². The first-order chi connectivity index (χ1) is 8.70. The first-order valence-corrected chi connectivity index (χ1v) is 6.51. The lowest BCUT2D eigenvalue weighted by molar-refractivity contribution is 0.596. The molecular weight excluding hydrogens is 251 g/mol. The summed E-state index contributed by atoms with van der Waals surface area (Å²) < 4.78 is 15.2. The summed E-state index contributed by atoms with van der Waals surface area (Å²) in [7, 11) is 1.85. The molecular formula is C12H15FN4S. The average molecular weight is 266 g/mol. The van der Waals surface area contributed by atoms with Crippen molar-refractivity contribution in [3.8, 4) is 0 Å². The molecule has 1 unspecified atom stereocenters. The van der Waals surface area contributed by atoms with Crippen molar-refractivity contribution in [2.75, 3.05) is 5.75 Å². The van der Waals surface area contributed by atoms with Gasteiger partial charge in [0.2, 0.25) is 0 Å². The molecule has 1 atom stereocenters. The molecule has 0 radical (unpaired) electrons. The molecule has 0 aliphatic heterocycles. The van der Waals surface area contributed by atoms with Crippen molar-refractivity contribution in [2.24, 2.45) is 12.9 Å². The summed E-state index contributed by atoms with van der Waals surface area (Å²) in [4.78, 5) is 0.627. The van der Waals surface area contributed by atoms with Gasteiger partial charge < -0.3 is 0 Å². The fourth-order valence-electron chi connectivity index (χ4n) is 1.60. The van der Waals surface area contributed by atoms with Gasteiger partial charge in [-0.3, -0.25) is 16.0 Å². The van der Waals surface area contributed by atoms with Crippen LogP contribution in [0.5, 0.6) is 0 Å². The van der Waals surface area contributed by atoms with Crippen LogP contribution in [-0.4, -0.2) is 15.5 Å². The average Bonchev–Trinajstić information content (AvgIpc) is 2.79. The van der Waals surface area contributed by atoms with Crippen molar-refractivity contribution in [2.45, 2.75) is 10.9 Å². The highest BCUT2D eigenvalue weighted by Gasteiger charge is 2.13. The molecule has 6 heteroatoms. The summed E-state index contributed by atoms with van der Waals surface area (Å²) >= 11 is 1.43. The number of halogens is 1. The van der Waals surface area contributed by atoms with E-state index >= 15 is 0 Å². The van der Waals surface area contributed by atoms with E-state index in [1.165, 1.54) is 17.8 Å². The topological polar surface area (TPSA) is 55.9 Å². The Bertz CT molecular complexity index is 514. The molecule has 0 spiro atoms. The van der Waals surface area contributed by atoms with Crippen LogP contribution in [0.4, 0.5) is 4.39 Å². The Hall–Kier alpha value is -1.37. The summed E-state index contributed by atoms with van der Waals surface area (Å²) in [5.74, 6) is 5.96. The lowest BCUT2D eigenvalue weighted by Crippen LogP contribution is -2.29. The highest BCUT2D eigenvalue weighted by Crippen LogP contribution is 2.26. The number of aryl methyl sites for hydroxylation is 1. The zero-order valence-corrected chi connectivity index (χ0v) is 10.8. The van der Waals surface area contributed by atoms with Crippen LogP contribution in [-0.2, 0) is 7.05 Å². The number of hydrogen-bond donors (Lipinski definition) is 2. The predicted octanol–water partition coefficient (Wildman–Crippen LogP) is 1.86. The largest absolute Gasteiger partial charge is 0.275 e. The third-order valence-corrected chi connectivity index (χ3v) is 3.71. The van der Waals surface area contributed by atoms with E-state index in [9.17, 15) is 4.39 Å². The Morgan fingerprint density at radius 3 is 2.89 bits per heavy atom. The van der Waals surface area contributed by atoms with Crippen LogP contribution >= 0.6 is 11.8 Å². The van der Waals surface area contributed by atoms with E-state index in [1.807, 2.05) is 19.3 Å². The molecule has 1 heterocycles. The van der Waals surface area contributed by atoms with E-state index in [0.717, 1.165) is 5.56 Å². The molecule has 0 saturated heterocycles. The maximum atomic E-state index is 13.5. The summed E-state index contributed by atoms with van der Waals surface area (Å²) in [5.41, 5.74) is 3.71. The van der Waals surface area contributed by atoms with Crippen molar-refractivity contribution in [3.63, 3.8) is 0 Å². The summed E-state index contributed by atoms with van der Waals surface area (Å²) in [6.07, 6.45) is 3.65. The maximum Gasteiger partial charge on any atom is 0.136 e. The lowest BCUT2D eigenvalue weighted by atomic mass is 10.2. The van der Waals surface area contributed by atoms with Crippen LogP contribution < -0.4 is 11.3 Å². The second-order valence-electron chi connectivity index (χ2n) is 3.91. The smallest absolute Gasteiger partial charge is 0.136 e. The van der Waals surface area contributed by atoms with Crippen LogP contribution in [0.25, 0.3) is 0 Å². The molecule has 2 aromatic rings. The minimum atomic E-state index is -0.204. The second-order valence-corrected chi connectivity index (χ2v) is 4.97. The van der Waals surface area contributed by atoms with Crippen LogP contribution in [0.3, 0.4) is 0 Å². The number of aromatic nitrogens is 2. The van der Waals surface area contributed by atoms with E-state index in [2.05, 4.69) is 10.5 Å². The summed E-state index contributed by atoms with van der Waals surface area (Å²) in [6.45, 7) is 0. The fourth-order valence-corrected chi connectivity index (χ4v) is 2.61. The molecule has 1 aromatic heterocycles. The molecule has 0 aliphatic carbocycles. The van der Waals surface area contributed by atoms with Gasteiger partial charge in [0.05, 0.1) is 12.2 Å². The molecule has 4 nitrogen and oxygen atoms in total. The Balaban J connectivity index is 2.02. The van der Waals surface area contributed by atoms with Crippen molar-refractivity contribution in [1.82, 2.24) is 15.2 Å². The lowest BCUT2D eigenvalue weighted by Gasteiger charge is -2.13. The predicted molar refractivity (Wildman–Crippen MR) is 70.4 cm³/mol. The number of nitrogens with zero attached hydrogens (tertiary/aromatic N) is 2. The third-order valence-electron chi connectivity index (χ3n) is 2.57. The maximum absolute atomic E-state index is 13.5. The molecule has 18 heavy (non-hydrogen) atoms. The van der Waals surface area contributed by atoms with Crippen LogP contribution in [0, 0.1) is 5.82 Å². The molecule has 2 rings (SSSR count). The van der Waals surface area contributed by atoms with Crippen LogP contribution in [0.15, 0.2) is 41.6 Å². The van der Waals surface area contributed by atoms with Gasteiger partial charge in [-0.05, 0) is 12.1 Å². The first-order valence-electron chi connectivity index (χ1n) is 5.52. The Morgan fingerprint density at radius 2 is 2.28 bits per heavy atom. The Labute approximate surface area is 109 Å². The van der Waals surface area contributed by atoms with Crippen LogP contribution in [0.2, 0.25) is 0 Å². The quantitative estimate of drug-likeness (QED) is 0.493. The summed E-state index contributed by atoms with van der Waals surface area (Å²) in [5, 5.41) is 4.10. The molecule has 0 aliphatic rings. The van der Waals surface area contributed by atoms with Crippen molar-refractivity contribution >= 4 is 11.8 Å². The van der Waals surface area contributed by atoms with Crippen molar-refractivity contribution in [3.05, 3.63) is 48.0 Å². The number of rotatable bonds is 5. The minimum Gasteiger partial charge on any atom is -0.275 e. The van der Waals surface area contributed by atoms with Crippen molar-refractivity contribution in [1.29, 1.82) is 0 Å². The molecule has 0 saturated carbocycles. The van der Waals surface area contributed by atoms with Gasteiger partial charge in [0.25, 0.3) is 0 Å². The summed E-state index contributed by atoms with van der Waals surface area (Å²) in [6, 6.07) is 6.66. The molecule has 0 bridgehead atoms. The van der Waals surface area contributed by atoms with Gasteiger partial charge >= 0.3 is 0 Å². The number of hydrazine groups is 1. The van der Waals surface area contributed by atoms with Gasteiger partial charge in [0, 0.05) is 29.5 Å². The molecule has 0 amide bonds. The zero-order valence-electron chi connectivity index (χ0n) is 10.0. The first kappa shape index (κ1) is 13.1. The van der Waals surface area contributed by atoms with Gasteiger partial charge in [-0.1, -0.05) is 12.1 Å². The second kappa shape index (κ2) is 5.99. The molecule has 3 N–H and O–H groups in total. The van der Waals surface area contributed by atoms with E-state index in [4.69, 9.17) is 5.84 Å². The Kier molecular flexibility index (Phi) is 4.35. The van der Waals surface area contributed by atoms with Gasteiger partial charge in [0.1, 0.15) is 5.82 Å². The SMILES string of the molecule is Cn1cc(C(CSc2ccccc2F)NN)cn1. The van der Waals surface area contributed by atoms with E-state index in [1.54, 1.807) is 23.0 Å². The Morgan fingerprint density at radius 1 is 1.50 bits per heavy atom. The number of nitrogens with one attached hydrogen (secondary N) is 1. The minimum absolute atomic E-state index is 0.0525. The zero-order chi connectivity index (χ0) is 13.0. The third kappa shape index (κ3) is 3.10. The highest BCUT2D eigenvalue weighted by molar-refractivity contribution is 7.99. The van der Waals surface area contributed by atoms with Gasteiger partial charge in [-0.25, -0.2) is 4.39 Å². The number of thioether (sulfide) groups is 1. The van der Waals surface area contributed by atoms with E-state index in [0.29, 0.717) is 10.6 Å². The fraction of sp³-hybridized carbons (Fsp3) is 0.250. The van der Waals surface area contributed by atoms with Gasteiger partial charge in [-0.2, -0.15) is 5.10 Å². The van der Waals surface area contributed by atoms with E-state index < -0.39 is 0 Å². The number of nitrogens with two attached hydrogens (primary N) is 1. The normalized spacial score (nSPS) is 12.6. The molecule has 96 valence electrons. The molecule has 0 fully saturated rings. The van der Waals surface area contributed by atoms with Gasteiger partial charge in [-0.15, -0.1) is 11.8 Å². The highest BCUT2D eigenvalue weighted by atomic mass is 32.2. The van der Waals surface area contributed by atoms with E-state index in [-0.39, 0.29) is 11.9 Å². The van der Waals surface area contributed by atoms with Crippen molar-refractivity contribution < 1.29 is 4.39 Å². The number of benzene rings is 1. The molecule has 1 aromatic carbocycles. The monoisotopic (exact) mass is 266 g/mol.